The number of ether oxygens (including phenoxy) is 1. The number of para-hydroxylation sites is 1. The van der Waals surface area contributed by atoms with Crippen molar-refractivity contribution in [3.05, 3.63) is 76.6 Å². The highest BCUT2D eigenvalue weighted by molar-refractivity contribution is 7.99. The molecule has 0 aliphatic carbocycles. The van der Waals surface area contributed by atoms with Gasteiger partial charge in [0.25, 0.3) is 0 Å². The van der Waals surface area contributed by atoms with Crippen molar-refractivity contribution in [1.29, 1.82) is 0 Å². The van der Waals surface area contributed by atoms with Crippen molar-refractivity contribution in [3.8, 4) is 22.8 Å². The molecule has 0 aliphatic heterocycles. The monoisotopic (exact) mass is 354 g/mol. The van der Waals surface area contributed by atoms with Crippen molar-refractivity contribution < 1.29 is 14.3 Å². The van der Waals surface area contributed by atoms with Crippen LogP contribution >= 0.6 is 11.8 Å². The fourth-order valence-electron chi connectivity index (χ4n) is 2.52. The van der Waals surface area contributed by atoms with Crippen molar-refractivity contribution in [2.45, 2.75) is 11.3 Å². The number of benzene rings is 2. The molecule has 0 saturated carbocycles. The van der Waals surface area contributed by atoms with E-state index >= 15 is 0 Å². The molecule has 25 heavy (non-hydrogen) atoms. The Morgan fingerprint density at radius 3 is 2.52 bits per heavy atom. The third-order valence-electron chi connectivity index (χ3n) is 3.76. The Hall–Kier alpha value is -2.66. The molecule has 1 heterocycles. The Morgan fingerprint density at radius 1 is 1.08 bits per heavy atom. The fraction of sp³-hybridized carbons (Fsp3) is 0.150. The molecule has 5 heteroatoms. The fourth-order valence-corrected chi connectivity index (χ4v) is 3.41. The van der Waals surface area contributed by atoms with Gasteiger partial charge in [-0.2, -0.15) is 0 Å². The van der Waals surface area contributed by atoms with E-state index in [2.05, 4.69) is 0 Å². The minimum atomic E-state index is -0.524. The zero-order valence-corrected chi connectivity index (χ0v) is 14.6. The lowest BCUT2D eigenvalue weighted by Crippen LogP contribution is -2.04. The van der Waals surface area contributed by atoms with Gasteiger partial charge in [0.1, 0.15) is 22.2 Å². The average Bonchev–Trinajstić information content (AvgIpc) is 2.65. The average molecular weight is 354 g/mol. The maximum atomic E-state index is 12.2. The lowest BCUT2D eigenvalue weighted by atomic mass is 10.1. The van der Waals surface area contributed by atoms with Crippen LogP contribution < -0.4 is 10.4 Å². The summed E-state index contributed by atoms with van der Waals surface area (Å²) >= 11 is 1.28. The van der Waals surface area contributed by atoms with Gasteiger partial charge in [0.15, 0.2) is 0 Å². The molecule has 3 aromatic rings. The van der Waals surface area contributed by atoms with Crippen molar-refractivity contribution >= 4 is 11.8 Å². The van der Waals surface area contributed by atoms with Gasteiger partial charge >= 0.3 is 5.63 Å². The van der Waals surface area contributed by atoms with Gasteiger partial charge in [-0.3, -0.25) is 0 Å². The summed E-state index contributed by atoms with van der Waals surface area (Å²) in [4.78, 5) is 12.5. The molecule has 0 bridgehead atoms. The summed E-state index contributed by atoms with van der Waals surface area (Å²) in [5.74, 6) is 1.75. The lowest BCUT2D eigenvalue weighted by molar-refractivity contribution is 0.410. The van der Waals surface area contributed by atoms with Gasteiger partial charge in [-0.05, 0) is 18.1 Å². The van der Waals surface area contributed by atoms with Crippen LogP contribution in [0.25, 0.3) is 11.3 Å². The molecular weight excluding hydrogens is 336 g/mol. The number of hydrogen-bond donors (Lipinski definition) is 1. The van der Waals surface area contributed by atoms with Gasteiger partial charge in [-0.25, -0.2) is 4.79 Å². The Labute approximate surface area is 150 Å². The van der Waals surface area contributed by atoms with Crippen LogP contribution in [0.3, 0.4) is 0 Å². The van der Waals surface area contributed by atoms with Gasteiger partial charge in [0, 0.05) is 17.4 Å². The summed E-state index contributed by atoms with van der Waals surface area (Å²) in [6.07, 6.45) is 0.716. The zero-order chi connectivity index (χ0) is 17.6. The molecule has 4 nitrogen and oxygen atoms in total. The normalized spacial score (nSPS) is 10.6. The third-order valence-corrected chi connectivity index (χ3v) is 4.83. The zero-order valence-electron chi connectivity index (χ0n) is 13.8. The Morgan fingerprint density at radius 2 is 1.80 bits per heavy atom. The summed E-state index contributed by atoms with van der Waals surface area (Å²) in [6, 6.07) is 18.5. The first-order valence-electron chi connectivity index (χ1n) is 7.86. The molecule has 0 atom stereocenters. The molecule has 0 radical (unpaired) electrons. The number of rotatable bonds is 6. The van der Waals surface area contributed by atoms with Crippen LogP contribution in [0.2, 0.25) is 0 Å². The van der Waals surface area contributed by atoms with Crippen LogP contribution in [0.4, 0.5) is 0 Å². The molecule has 0 fully saturated rings. The van der Waals surface area contributed by atoms with Gasteiger partial charge < -0.3 is 14.3 Å². The van der Waals surface area contributed by atoms with E-state index in [1.807, 2.05) is 54.6 Å². The van der Waals surface area contributed by atoms with Gasteiger partial charge in [0.2, 0.25) is 0 Å². The standard InChI is InChI=1S/C20H18O4S/c1-23-17-10-6-5-9-15(17)11-12-25-19-16(21)13-18(24-20(19)22)14-7-3-2-4-8-14/h2-10,13,21H,11-12H2,1H3. The Balaban J connectivity index is 1.74. The van der Waals surface area contributed by atoms with Crippen molar-refractivity contribution in [1.82, 2.24) is 0 Å². The minimum absolute atomic E-state index is 0.0554. The molecule has 0 amide bonds. The first kappa shape index (κ1) is 17.2. The number of aryl methyl sites for hydroxylation is 1. The number of thioether (sulfide) groups is 1. The number of hydrogen-bond acceptors (Lipinski definition) is 5. The molecule has 3 rings (SSSR count). The van der Waals surface area contributed by atoms with Gasteiger partial charge in [-0.1, -0.05) is 48.5 Å². The van der Waals surface area contributed by atoms with Crippen LogP contribution in [0.5, 0.6) is 11.5 Å². The Bertz CT molecular complexity index is 903. The molecule has 1 N–H and O–H groups in total. The highest BCUT2D eigenvalue weighted by Gasteiger charge is 2.13. The van der Waals surface area contributed by atoms with Crippen molar-refractivity contribution in [2.24, 2.45) is 0 Å². The minimum Gasteiger partial charge on any atom is -0.506 e. The third kappa shape index (κ3) is 4.06. The highest BCUT2D eigenvalue weighted by atomic mass is 32.2. The quantitative estimate of drug-likeness (QED) is 0.667. The summed E-state index contributed by atoms with van der Waals surface area (Å²) in [5, 5.41) is 10.2. The molecule has 128 valence electrons. The van der Waals surface area contributed by atoms with E-state index in [0.717, 1.165) is 16.9 Å². The molecule has 0 spiro atoms. The van der Waals surface area contributed by atoms with Crippen LogP contribution in [0.1, 0.15) is 5.56 Å². The van der Waals surface area contributed by atoms with E-state index in [9.17, 15) is 9.90 Å². The first-order valence-corrected chi connectivity index (χ1v) is 8.85. The predicted octanol–water partition coefficient (Wildman–Crippen LogP) is 4.36. The topological polar surface area (TPSA) is 59.7 Å². The maximum absolute atomic E-state index is 12.2. The second-order valence-electron chi connectivity index (χ2n) is 5.39. The smallest absolute Gasteiger partial charge is 0.353 e. The van der Waals surface area contributed by atoms with Crippen molar-refractivity contribution in [3.63, 3.8) is 0 Å². The molecule has 0 saturated heterocycles. The van der Waals surface area contributed by atoms with E-state index in [1.54, 1.807) is 7.11 Å². The molecule has 1 aromatic heterocycles. The van der Waals surface area contributed by atoms with Crippen LogP contribution in [-0.4, -0.2) is 18.0 Å². The number of methoxy groups -OCH3 is 1. The lowest BCUT2D eigenvalue weighted by Gasteiger charge is -2.08. The largest absolute Gasteiger partial charge is 0.506 e. The summed E-state index contributed by atoms with van der Waals surface area (Å²) in [5.41, 5.74) is 1.28. The van der Waals surface area contributed by atoms with E-state index < -0.39 is 5.63 Å². The van der Waals surface area contributed by atoms with Crippen molar-refractivity contribution in [2.75, 3.05) is 12.9 Å². The maximum Gasteiger partial charge on any atom is 0.353 e. The first-order chi connectivity index (χ1) is 12.2. The van der Waals surface area contributed by atoms with E-state index in [0.29, 0.717) is 17.9 Å². The summed E-state index contributed by atoms with van der Waals surface area (Å²) < 4.78 is 10.7. The Kier molecular flexibility index (Phi) is 5.46. The summed E-state index contributed by atoms with van der Waals surface area (Å²) in [6.45, 7) is 0. The van der Waals surface area contributed by atoms with Crippen LogP contribution in [-0.2, 0) is 6.42 Å². The second kappa shape index (κ2) is 7.94. The van der Waals surface area contributed by atoms with Gasteiger partial charge in [0.05, 0.1) is 7.11 Å². The molecular formula is C20H18O4S. The van der Waals surface area contributed by atoms with Crippen LogP contribution in [0.15, 0.2) is 74.8 Å². The van der Waals surface area contributed by atoms with Crippen LogP contribution in [0, 0.1) is 0 Å². The molecule has 0 unspecified atom stereocenters. The van der Waals surface area contributed by atoms with Gasteiger partial charge in [-0.15, -0.1) is 11.8 Å². The SMILES string of the molecule is COc1ccccc1CCSc1c(O)cc(-c2ccccc2)oc1=O. The highest BCUT2D eigenvalue weighted by Crippen LogP contribution is 2.30. The predicted molar refractivity (Wildman–Crippen MR) is 99.5 cm³/mol. The van der Waals surface area contributed by atoms with E-state index in [1.165, 1.54) is 17.8 Å². The summed E-state index contributed by atoms with van der Waals surface area (Å²) in [7, 11) is 1.63. The molecule has 0 aliphatic rings. The molecule has 2 aromatic carbocycles. The second-order valence-corrected chi connectivity index (χ2v) is 6.49. The number of aromatic hydroxyl groups is 1. The van der Waals surface area contributed by atoms with E-state index in [-0.39, 0.29) is 10.6 Å². The van der Waals surface area contributed by atoms with E-state index in [4.69, 9.17) is 9.15 Å².